The molecule has 1 fully saturated rings. The number of rotatable bonds is 3. The largest absolute Gasteiger partial charge is 0.368 e. The average Bonchev–Trinajstić information content (AvgIpc) is 2.76. The fraction of sp³-hybridized carbons (Fsp3) is 0.600. The monoisotopic (exact) mass is 250 g/mol. The van der Waals surface area contributed by atoms with Crippen molar-refractivity contribution in [2.45, 2.75) is 45.7 Å². The van der Waals surface area contributed by atoms with Gasteiger partial charge in [-0.3, -0.25) is 0 Å². The summed E-state index contributed by atoms with van der Waals surface area (Å²) >= 11 is 0. The van der Waals surface area contributed by atoms with Crippen LogP contribution in [0.15, 0.2) is 18.2 Å². The van der Waals surface area contributed by atoms with Crippen LogP contribution in [0.25, 0.3) is 0 Å². The number of nitrogens with zero attached hydrogens (tertiary/aromatic N) is 1. The van der Waals surface area contributed by atoms with E-state index in [0.29, 0.717) is 17.5 Å². The lowest BCUT2D eigenvalue weighted by Crippen LogP contribution is -2.34. The Hall–Kier alpha value is -1.09. The Balaban J connectivity index is 2.41. The van der Waals surface area contributed by atoms with Crippen molar-refractivity contribution in [2.75, 3.05) is 11.4 Å². The topological polar surface area (TPSA) is 29.3 Å². The zero-order valence-corrected chi connectivity index (χ0v) is 11.5. The second-order valence-corrected chi connectivity index (χ2v) is 5.61. The highest BCUT2D eigenvalue weighted by Crippen LogP contribution is 2.35. The molecule has 3 heteroatoms. The number of halogens is 1. The number of hydrogen-bond acceptors (Lipinski definition) is 2. The lowest BCUT2D eigenvalue weighted by molar-refractivity contribution is 0.489. The van der Waals surface area contributed by atoms with Crippen LogP contribution in [0.3, 0.4) is 0 Å². The first kappa shape index (κ1) is 13.3. The summed E-state index contributed by atoms with van der Waals surface area (Å²) in [7, 11) is 0. The van der Waals surface area contributed by atoms with Crippen molar-refractivity contribution in [1.29, 1.82) is 0 Å². The maximum absolute atomic E-state index is 14.0. The predicted octanol–water partition coefficient (Wildman–Crippen LogP) is 3.47. The van der Waals surface area contributed by atoms with Crippen LogP contribution in [-0.4, -0.2) is 12.6 Å². The van der Waals surface area contributed by atoms with Gasteiger partial charge in [-0.15, -0.1) is 0 Å². The summed E-state index contributed by atoms with van der Waals surface area (Å²) < 4.78 is 14.0. The normalized spacial score (nSPS) is 21.7. The average molecular weight is 250 g/mol. The first-order valence-corrected chi connectivity index (χ1v) is 6.83. The minimum atomic E-state index is -0.269. The molecule has 0 bridgehead atoms. The summed E-state index contributed by atoms with van der Waals surface area (Å²) in [6.07, 6.45) is 2.37. The van der Waals surface area contributed by atoms with Crippen LogP contribution in [0.1, 0.15) is 45.2 Å². The zero-order valence-electron chi connectivity index (χ0n) is 11.5. The molecular formula is C15H23FN2. The third-order valence-corrected chi connectivity index (χ3v) is 3.86. The molecule has 0 aliphatic carbocycles. The van der Waals surface area contributed by atoms with Gasteiger partial charge in [0.25, 0.3) is 0 Å². The summed E-state index contributed by atoms with van der Waals surface area (Å²) in [4.78, 5) is 2.34. The van der Waals surface area contributed by atoms with Crippen molar-refractivity contribution in [3.05, 3.63) is 29.6 Å². The van der Waals surface area contributed by atoms with Crippen LogP contribution in [0.4, 0.5) is 10.1 Å². The molecule has 0 saturated carbocycles. The van der Waals surface area contributed by atoms with Crippen molar-refractivity contribution in [1.82, 2.24) is 0 Å². The van der Waals surface area contributed by atoms with Crippen molar-refractivity contribution >= 4 is 5.69 Å². The van der Waals surface area contributed by atoms with Gasteiger partial charge < -0.3 is 10.6 Å². The Bertz CT molecular complexity index is 415. The van der Waals surface area contributed by atoms with Gasteiger partial charge in [0.05, 0.1) is 0 Å². The Labute approximate surface area is 109 Å². The van der Waals surface area contributed by atoms with Gasteiger partial charge in [-0.1, -0.05) is 19.9 Å². The highest BCUT2D eigenvalue weighted by molar-refractivity contribution is 5.57. The van der Waals surface area contributed by atoms with E-state index in [9.17, 15) is 4.39 Å². The molecule has 0 radical (unpaired) electrons. The molecule has 1 saturated heterocycles. The fourth-order valence-electron chi connectivity index (χ4n) is 3.01. The third kappa shape index (κ3) is 2.37. The summed E-state index contributed by atoms with van der Waals surface area (Å²) in [5.74, 6) is 0.397. The van der Waals surface area contributed by atoms with Gasteiger partial charge in [0.15, 0.2) is 0 Å². The number of anilines is 1. The highest BCUT2D eigenvalue weighted by atomic mass is 19.1. The molecule has 1 aliphatic heterocycles. The van der Waals surface area contributed by atoms with Crippen LogP contribution < -0.4 is 10.6 Å². The summed E-state index contributed by atoms with van der Waals surface area (Å²) in [5, 5.41) is 0. The molecule has 0 spiro atoms. The van der Waals surface area contributed by atoms with Crippen molar-refractivity contribution in [3.8, 4) is 0 Å². The Morgan fingerprint density at radius 2 is 2.06 bits per heavy atom. The first-order valence-electron chi connectivity index (χ1n) is 6.83. The maximum atomic E-state index is 14.0. The van der Waals surface area contributed by atoms with Gasteiger partial charge in [0, 0.05) is 29.9 Å². The fourth-order valence-corrected chi connectivity index (χ4v) is 3.01. The standard InChI is InChI=1S/C15H23FN2/c1-10(2)13-8-5-9-18(13)14-7-4-6-12(16)15(14)11(3)17/h4,6-7,10-11,13H,5,8-9,17H2,1-3H3. The van der Waals surface area contributed by atoms with Gasteiger partial charge >= 0.3 is 0 Å². The molecule has 0 aromatic heterocycles. The smallest absolute Gasteiger partial charge is 0.130 e. The molecule has 2 atom stereocenters. The molecule has 2 rings (SSSR count). The van der Waals surface area contributed by atoms with E-state index in [-0.39, 0.29) is 11.9 Å². The molecule has 1 aromatic rings. The lowest BCUT2D eigenvalue weighted by atomic mass is 9.99. The summed E-state index contributed by atoms with van der Waals surface area (Å²) in [6.45, 7) is 7.32. The van der Waals surface area contributed by atoms with E-state index < -0.39 is 0 Å². The van der Waals surface area contributed by atoms with E-state index in [1.165, 1.54) is 18.9 Å². The van der Waals surface area contributed by atoms with Gasteiger partial charge in [-0.05, 0) is 37.8 Å². The van der Waals surface area contributed by atoms with Gasteiger partial charge in [-0.2, -0.15) is 0 Å². The summed E-state index contributed by atoms with van der Waals surface area (Å²) in [6, 6.07) is 5.52. The van der Waals surface area contributed by atoms with E-state index in [1.54, 1.807) is 6.07 Å². The van der Waals surface area contributed by atoms with E-state index in [1.807, 2.05) is 13.0 Å². The van der Waals surface area contributed by atoms with E-state index in [4.69, 9.17) is 5.73 Å². The van der Waals surface area contributed by atoms with Crippen molar-refractivity contribution in [2.24, 2.45) is 11.7 Å². The first-order chi connectivity index (χ1) is 8.52. The SMILES string of the molecule is CC(N)c1c(F)cccc1N1CCCC1C(C)C. The molecule has 1 aliphatic rings. The lowest BCUT2D eigenvalue weighted by Gasteiger charge is -2.32. The zero-order chi connectivity index (χ0) is 13.3. The molecule has 2 nitrogen and oxygen atoms in total. The second kappa shape index (κ2) is 5.27. The molecule has 18 heavy (non-hydrogen) atoms. The quantitative estimate of drug-likeness (QED) is 0.890. The van der Waals surface area contributed by atoms with Gasteiger partial charge in [-0.25, -0.2) is 4.39 Å². The molecule has 0 amide bonds. The second-order valence-electron chi connectivity index (χ2n) is 5.61. The van der Waals surface area contributed by atoms with Crippen LogP contribution in [-0.2, 0) is 0 Å². The Morgan fingerprint density at radius 1 is 1.33 bits per heavy atom. The predicted molar refractivity (Wildman–Crippen MR) is 74.2 cm³/mol. The molecular weight excluding hydrogens is 227 g/mol. The number of benzene rings is 1. The highest BCUT2D eigenvalue weighted by Gasteiger charge is 2.29. The van der Waals surface area contributed by atoms with Crippen LogP contribution in [0.5, 0.6) is 0 Å². The molecule has 2 N–H and O–H groups in total. The van der Waals surface area contributed by atoms with Crippen molar-refractivity contribution in [3.63, 3.8) is 0 Å². The Morgan fingerprint density at radius 3 is 2.67 bits per heavy atom. The van der Waals surface area contributed by atoms with Crippen LogP contribution >= 0.6 is 0 Å². The van der Waals surface area contributed by atoms with Crippen molar-refractivity contribution < 1.29 is 4.39 Å². The van der Waals surface area contributed by atoms with Crippen LogP contribution in [0, 0.1) is 11.7 Å². The van der Waals surface area contributed by atoms with Gasteiger partial charge in [0.2, 0.25) is 0 Å². The minimum absolute atomic E-state index is 0.183. The third-order valence-electron chi connectivity index (χ3n) is 3.86. The number of nitrogens with two attached hydrogens (primary N) is 1. The Kier molecular flexibility index (Phi) is 3.91. The van der Waals surface area contributed by atoms with E-state index in [2.05, 4.69) is 18.7 Å². The number of hydrogen-bond donors (Lipinski definition) is 1. The van der Waals surface area contributed by atoms with Crippen LogP contribution in [0.2, 0.25) is 0 Å². The maximum Gasteiger partial charge on any atom is 0.130 e. The molecule has 2 unspecified atom stereocenters. The molecule has 100 valence electrons. The molecule has 1 heterocycles. The summed E-state index contributed by atoms with van der Waals surface area (Å²) in [5.41, 5.74) is 7.58. The molecule has 1 aromatic carbocycles. The van der Waals surface area contributed by atoms with Gasteiger partial charge in [0.1, 0.15) is 5.82 Å². The van der Waals surface area contributed by atoms with E-state index in [0.717, 1.165) is 12.2 Å². The minimum Gasteiger partial charge on any atom is -0.368 e. The van der Waals surface area contributed by atoms with E-state index >= 15 is 0 Å².